The maximum atomic E-state index is 13.0. The van der Waals surface area contributed by atoms with Gasteiger partial charge in [-0.3, -0.25) is 9.59 Å². The lowest BCUT2D eigenvalue weighted by atomic mass is 10.1. The van der Waals surface area contributed by atoms with Gasteiger partial charge in [-0.1, -0.05) is 53.0 Å². The Morgan fingerprint density at radius 3 is 2.24 bits per heavy atom. The summed E-state index contributed by atoms with van der Waals surface area (Å²) in [6.07, 6.45) is 0. The summed E-state index contributed by atoms with van der Waals surface area (Å²) in [7, 11) is 1.82. The Morgan fingerprint density at radius 2 is 1.59 bits per heavy atom. The number of alkyl halides is 2. The van der Waals surface area contributed by atoms with Crippen molar-refractivity contribution in [3.8, 4) is 0 Å². The lowest BCUT2D eigenvalue weighted by Crippen LogP contribution is -2.26. The maximum absolute atomic E-state index is 13.0. The largest absolute Gasteiger partial charge is 0.367 e. The van der Waals surface area contributed by atoms with Crippen molar-refractivity contribution in [1.82, 2.24) is 0 Å². The summed E-state index contributed by atoms with van der Waals surface area (Å²) in [5.74, 6) is -1.76. The number of amides is 1. The quantitative estimate of drug-likeness (QED) is 0.242. The second-order valence-electron chi connectivity index (χ2n) is 8.13. The molecule has 4 nitrogen and oxygen atoms in total. The first-order valence-electron chi connectivity index (χ1n) is 10.3. The summed E-state index contributed by atoms with van der Waals surface area (Å²) in [4.78, 5) is 27.8. The number of para-hydroxylation sites is 1. The number of halogens is 5. The van der Waals surface area contributed by atoms with E-state index in [4.69, 9.17) is 58.0 Å². The topological polar surface area (TPSA) is 49.4 Å². The molecule has 4 rings (SSSR count). The zero-order valence-corrected chi connectivity index (χ0v) is 21.6. The van der Waals surface area contributed by atoms with E-state index in [-0.39, 0.29) is 18.2 Å². The zero-order chi connectivity index (χ0) is 24.6. The molecule has 2 atom stereocenters. The van der Waals surface area contributed by atoms with E-state index >= 15 is 0 Å². The van der Waals surface area contributed by atoms with Crippen molar-refractivity contribution in [2.24, 2.45) is 5.92 Å². The van der Waals surface area contributed by atoms with Gasteiger partial charge >= 0.3 is 0 Å². The Hall–Kier alpha value is -1.95. The van der Waals surface area contributed by atoms with Gasteiger partial charge in [-0.25, -0.2) is 0 Å². The van der Waals surface area contributed by atoms with E-state index in [2.05, 4.69) is 5.32 Å². The van der Waals surface area contributed by atoms with Crippen molar-refractivity contribution in [3.05, 3.63) is 92.9 Å². The molecule has 1 saturated carbocycles. The summed E-state index contributed by atoms with van der Waals surface area (Å²) in [5, 5.41) is 3.95. The molecule has 0 heterocycles. The van der Waals surface area contributed by atoms with E-state index in [1.54, 1.807) is 36.4 Å². The molecule has 34 heavy (non-hydrogen) atoms. The van der Waals surface area contributed by atoms with E-state index in [1.165, 1.54) is 0 Å². The highest BCUT2D eigenvalue weighted by Gasteiger charge is 2.67. The molecule has 0 unspecified atom stereocenters. The number of anilines is 2. The number of ketones is 1. The number of benzene rings is 3. The molecule has 0 bridgehead atoms. The monoisotopic (exact) mass is 554 g/mol. The smallest absolute Gasteiger partial charge is 0.231 e. The average Bonchev–Trinajstić information content (AvgIpc) is 3.37. The first kappa shape index (κ1) is 25.2. The zero-order valence-electron chi connectivity index (χ0n) is 17.9. The number of hydrogen-bond acceptors (Lipinski definition) is 3. The standard InChI is InChI=1S/C25H19Cl5N2O2/c1-32(18-5-3-2-4-6-18)13-21(33)19-12-17(7-8-20(19)28)31-24(34)23-22(25(23,29)30)14-9-15(26)11-16(27)10-14/h2-12,22-23H,13H2,1H3,(H,31,34)/t22-,23+/m0/s1. The Balaban J connectivity index is 1.49. The average molecular weight is 557 g/mol. The van der Waals surface area contributed by atoms with E-state index in [1.807, 2.05) is 42.3 Å². The SMILES string of the molecule is CN(CC(=O)c1cc(NC(=O)[C@H]2[C@H](c3cc(Cl)cc(Cl)c3)C2(Cl)Cl)ccc1Cl)c1ccccc1. The van der Waals surface area contributed by atoms with Crippen LogP contribution in [0.3, 0.4) is 0 Å². The summed E-state index contributed by atoms with van der Waals surface area (Å²) in [6, 6.07) is 19.2. The molecule has 0 radical (unpaired) electrons. The van der Waals surface area contributed by atoms with Crippen LogP contribution in [0.5, 0.6) is 0 Å². The van der Waals surface area contributed by atoms with Crippen molar-refractivity contribution >= 4 is 81.1 Å². The Bertz CT molecular complexity index is 1230. The lowest BCUT2D eigenvalue weighted by molar-refractivity contribution is -0.117. The van der Waals surface area contributed by atoms with Crippen LogP contribution in [0.2, 0.25) is 15.1 Å². The first-order chi connectivity index (χ1) is 16.1. The molecule has 1 amide bonds. The summed E-state index contributed by atoms with van der Waals surface area (Å²) in [5.41, 5.74) is 2.30. The highest BCUT2D eigenvalue weighted by atomic mass is 35.5. The van der Waals surface area contributed by atoms with Gasteiger partial charge in [0.15, 0.2) is 5.78 Å². The number of likely N-dealkylation sites (N-methyl/N-ethyl adjacent to an activating group) is 1. The normalized spacial score (nSPS) is 18.3. The van der Waals surface area contributed by atoms with Crippen LogP contribution in [-0.2, 0) is 4.79 Å². The number of carbonyl (C=O) groups is 2. The van der Waals surface area contributed by atoms with Crippen molar-refractivity contribution in [2.75, 3.05) is 23.8 Å². The fourth-order valence-electron chi connectivity index (χ4n) is 3.93. The van der Waals surface area contributed by atoms with Crippen LogP contribution in [0.4, 0.5) is 11.4 Å². The Kier molecular flexibility index (Phi) is 7.37. The molecule has 0 saturated heterocycles. The van der Waals surface area contributed by atoms with Gasteiger partial charge in [0.1, 0.15) is 4.33 Å². The van der Waals surface area contributed by atoms with Crippen molar-refractivity contribution in [2.45, 2.75) is 10.3 Å². The van der Waals surface area contributed by atoms with Gasteiger partial charge in [-0.15, -0.1) is 23.2 Å². The van der Waals surface area contributed by atoms with Crippen LogP contribution in [0.1, 0.15) is 21.8 Å². The molecule has 9 heteroatoms. The highest BCUT2D eigenvalue weighted by Crippen LogP contribution is 2.65. The fourth-order valence-corrected chi connectivity index (χ4v) is 5.53. The number of Topliss-reactive ketones (excluding diaryl/α,β-unsaturated/α-hetero) is 1. The summed E-state index contributed by atoms with van der Waals surface area (Å²) < 4.78 is -1.30. The maximum Gasteiger partial charge on any atom is 0.231 e. The molecular formula is C25H19Cl5N2O2. The third-order valence-electron chi connectivity index (χ3n) is 5.69. The molecule has 1 N–H and O–H groups in total. The van der Waals surface area contributed by atoms with Crippen LogP contribution < -0.4 is 10.2 Å². The molecule has 1 aliphatic rings. The third kappa shape index (κ3) is 5.32. The van der Waals surface area contributed by atoms with Crippen molar-refractivity contribution in [1.29, 1.82) is 0 Å². The van der Waals surface area contributed by atoms with Crippen LogP contribution in [0.15, 0.2) is 66.7 Å². The van der Waals surface area contributed by atoms with Gasteiger partial charge in [0, 0.05) is 39.9 Å². The predicted octanol–water partition coefficient (Wildman–Crippen LogP) is 7.49. The van der Waals surface area contributed by atoms with Gasteiger partial charge in [0.05, 0.1) is 17.5 Å². The van der Waals surface area contributed by atoms with Crippen LogP contribution in [0.25, 0.3) is 0 Å². The number of nitrogens with one attached hydrogen (secondary N) is 1. The molecular weight excluding hydrogens is 538 g/mol. The van der Waals surface area contributed by atoms with Crippen molar-refractivity contribution in [3.63, 3.8) is 0 Å². The molecule has 1 fully saturated rings. The molecule has 176 valence electrons. The van der Waals surface area contributed by atoms with Crippen molar-refractivity contribution < 1.29 is 9.59 Å². The molecule has 3 aromatic rings. The third-order valence-corrected chi connectivity index (χ3v) is 7.40. The predicted molar refractivity (Wildman–Crippen MR) is 141 cm³/mol. The van der Waals surface area contributed by atoms with Gasteiger partial charge in [0.25, 0.3) is 0 Å². The Labute approximate surface area is 222 Å². The first-order valence-corrected chi connectivity index (χ1v) is 12.2. The summed E-state index contributed by atoms with van der Waals surface area (Å²) >= 11 is 31.3. The van der Waals surface area contributed by atoms with E-state index < -0.39 is 16.2 Å². The number of rotatable bonds is 7. The van der Waals surface area contributed by atoms with E-state index in [0.717, 1.165) is 5.69 Å². The second-order valence-corrected chi connectivity index (χ2v) is 10.9. The second kappa shape index (κ2) is 9.96. The van der Waals surface area contributed by atoms with Gasteiger partial charge in [-0.05, 0) is 54.1 Å². The minimum atomic E-state index is -1.30. The minimum absolute atomic E-state index is 0.119. The van der Waals surface area contributed by atoms with Gasteiger partial charge < -0.3 is 10.2 Å². The molecule has 0 aliphatic heterocycles. The van der Waals surface area contributed by atoms with Crippen LogP contribution >= 0.6 is 58.0 Å². The number of hydrogen-bond donors (Lipinski definition) is 1. The van der Waals surface area contributed by atoms with E-state index in [0.29, 0.717) is 31.9 Å². The number of carbonyl (C=O) groups excluding carboxylic acids is 2. The van der Waals surface area contributed by atoms with Gasteiger partial charge in [0.2, 0.25) is 5.91 Å². The number of nitrogens with zero attached hydrogens (tertiary/aromatic N) is 1. The minimum Gasteiger partial charge on any atom is -0.367 e. The lowest BCUT2D eigenvalue weighted by Gasteiger charge is -2.19. The molecule has 0 spiro atoms. The van der Waals surface area contributed by atoms with Crippen LogP contribution in [0, 0.1) is 5.92 Å². The van der Waals surface area contributed by atoms with E-state index in [9.17, 15) is 9.59 Å². The molecule has 0 aromatic heterocycles. The molecule has 3 aromatic carbocycles. The summed E-state index contributed by atoms with van der Waals surface area (Å²) in [6.45, 7) is 0.119. The fraction of sp³-hybridized carbons (Fsp3) is 0.200. The van der Waals surface area contributed by atoms with Gasteiger partial charge in [-0.2, -0.15) is 0 Å². The molecule has 1 aliphatic carbocycles. The van der Waals surface area contributed by atoms with Crippen LogP contribution in [-0.4, -0.2) is 29.6 Å². The highest BCUT2D eigenvalue weighted by molar-refractivity contribution is 6.53. The Morgan fingerprint density at radius 1 is 0.941 bits per heavy atom.